The maximum absolute atomic E-state index is 11.9. The highest BCUT2D eigenvalue weighted by atomic mass is 79.9. The average molecular weight is 299 g/mol. The van der Waals surface area contributed by atoms with E-state index in [4.69, 9.17) is 4.74 Å². The molecule has 0 N–H and O–H groups in total. The number of halogens is 1. The van der Waals surface area contributed by atoms with E-state index in [1.54, 1.807) is 26.0 Å². The van der Waals surface area contributed by atoms with Crippen LogP contribution in [0.4, 0.5) is 0 Å². The number of esters is 1. The monoisotopic (exact) mass is 298 g/mol. The van der Waals surface area contributed by atoms with Gasteiger partial charge >= 0.3 is 5.97 Å². The first kappa shape index (κ1) is 13.9. The Morgan fingerprint density at radius 1 is 1.29 bits per heavy atom. The van der Waals surface area contributed by atoms with Gasteiger partial charge in [-0.05, 0) is 18.6 Å². The fraction of sp³-hybridized carbons (Fsp3) is 0.385. The highest BCUT2D eigenvalue weighted by molar-refractivity contribution is 9.08. The van der Waals surface area contributed by atoms with Gasteiger partial charge in [0.1, 0.15) is 0 Å². The van der Waals surface area contributed by atoms with Gasteiger partial charge in [-0.15, -0.1) is 0 Å². The summed E-state index contributed by atoms with van der Waals surface area (Å²) in [6.45, 7) is 3.83. The van der Waals surface area contributed by atoms with E-state index < -0.39 is 5.97 Å². The Morgan fingerprint density at radius 2 is 2.00 bits per heavy atom. The lowest BCUT2D eigenvalue weighted by atomic mass is 9.97. The molecular weight excluding hydrogens is 284 g/mol. The summed E-state index contributed by atoms with van der Waals surface area (Å²) in [5, 5.41) is 0.543. The van der Waals surface area contributed by atoms with E-state index in [9.17, 15) is 9.59 Å². The van der Waals surface area contributed by atoms with Crippen LogP contribution in [0, 0.1) is 0 Å². The maximum Gasteiger partial charge on any atom is 0.338 e. The minimum absolute atomic E-state index is 0.0388. The number of hydrogen-bond donors (Lipinski definition) is 0. The van der Waals surface area contributed by atoms with Crippen molar-refractivity contribution >= 4 is 27.7 Å². The van der Waals surface area contributed by atoms with E-state index in [0.717, 1.165) is 5.56 Å². The van der Waals surface area contributed by atoms with Crippen LogP contribution in [0.5, 0.6) is 0 Å². The van der Waals surface area contributed by atoms with Crippen LogP contribution in [-0.2, 0) is 10.1 Å². The van der Waals surface area contributed by atoms with E-state index in [0.29, 0.717) is 29.5 Å². The summed E-state index contributed by atoms with van der Waals surface area (Å²) in [6.07, 6.45) is 0.371. The van der Waals surface area contributed by atoms with Crippen LogP contribution in [0.15, 0.2) is 18.2 Å². The molecule has 0 saturated carbocycles. The van der Waals surface area contributed by atoms with Gasteiger partial charge in [-0.2, -0.15) is 0 Å². The molecule has 0 aliphatic carbocycles. The minimum atomic E-state index is -0.438. The molecule has 4 heteroatoms. The van der Waals surface area contributed by atoms with Gasteiger partial charge in [-0.1, -0.05) is 35.0 Å². The lowest BCUT2D eigenvalue weighted by Crippen LogP contribution is -2.13. The second-order valence-electron chi connectivity index (χ2n) is 3.47. The molecule has 0 unspecified atom stereocenters. The Morgan fingerprint density at radius 3 is 2.53 bits per heavy atom. The molecule has 0 heterocycles. The summed E-state index contributed by atoms with van der Waals surface area (Å²) < 4.78 is 4.96. The Kier molecular flexibility index (Phi) is 5.35. The zero-order valence-corrected chi connectivity index (χ0v) is 11.5. The first-order valence-corrected chi connectivity index (χ1v) is 6.66. The van der Waals surface area contributed by atoms with E-state index in [-0.39, 0.29) is 5.78 Å². The third-order valence-electron chi connectivity index (χ3n) is 2.39. The van der Waals surface area contributed by atoms with Crippen LogP contribution >= 0.6 is 15.9 Å². The third kappa shape index (κ3) is 3.16. The normalized spacial score (nSPS) is 10.1. The highest BCUT2D eigenvalue weighted by Gasteiger charge is 2.19. The summed E-state index contributed by atoms with van der Waals surface area (Å²) in [5.74, 6) is -0.477. The summed E-state index contributed by atoms with van der Waals surface area (Å²) in [6, 6.07) is 5.22. The summed E-state index contributed by atoms with van der Waals surface area (Å²) in [5.41, 5.74) is 1.66. The number of ketones is 1. The highest BCUT2D eigenvalue weighted by Crippen LogP contribution is 2.20. The SMILES string of the molecule is CCOC(=O)c1cccc(CBr)c1C(=O)CC. The van der Waals surface area contributed by atoms with Gasteiger partial charge in [0.05, 0.1) is 12.2 Å². The Bertz CT molecular complexity index is 427. The molecule has 0 spiro atoms. The fourth-order valence-corrected chi connectivity index (χ4v) is 2.06. The molecular formula is C13H15BrO3. The van der Waals surface area contributed by atoms with Gasteiger partial charge in [0, 0.05) is 17.3 Å². The molecule has 0 bridgehead atoms. The third-order valence-corrected chi connectivity index (χ3v) is 2.99. The zero-order chi connectivity index (χ0) is 12.8. The van der Waals surface area contributed by atoms with Gasteiger partial charge in [-0.3, -0.25) is 4.79 Å². The molecule has 0 saturated heterocycles. The van der Waals surface area contributed by atoms with Crippen LogP contribution in [-0.4, -0.2) is 18.4 Å². The molecule has 1 aromatic carbocycles. The van der Waals surface area contributed by atoms with Gasteiger partial charge < -0.3 is 4.74 Å². The van der Waals surface area contributed by atoms with Crippen molar-refractivity contribution in [3.8, 4) is 0 Å². The van der Waals surface area contributed by atoms with Crippen molar-refractivity contribution in [2.24, 2.45) is 0 Å². The van der Waals surface area contributed by atoms with Crippen molar-refractivity contribution in [2.75, 3.05) is 6.61 Å². The van der Waals surface area contributed by atoms with Crippen LogP contribution in [0.2, 0.25) is 0 Å². The van der Waals surface area contributed by atoms with E-state index in [2.05, 4.69) is 15.9 Å². The van der Waals surface area contributed by atoms with Crippen molar-refractivity contribution in [1.82, 2.24) is 0 Å². The molecule has 1 rings (SSSR count). The summed E-state index contributed by atoms with van der Waals surface area (Å²) >= 11 is 3.32. The molecule has 0 aliphatic rings. The Labute approximate surface area is 109 Å². The first-order chi connectivity index (χ1) is 8.15. The largest absolute Gasteiger partial charge is 0.462 e. The number of carbonyl (C=O) groups excluding carboxylic acids is 2. The van der Waals surface area contributed by atoms with Gasteiger partial charge in [0.2, 0.25) is 0 Å². The number of rotatable bonds is 5. The molecule has 0 aliphatic heterocycles. The predicted molar refractivity (Wildman–Crippen MR) is 69.7 cm³/mol. The van der Waals surface area contributed by atoms with E-state index >= 15 is 0 Å². The molecule has 0 radical (unpaired) electrons. The maximum atomic E-state index is 11.9. The number of alkyl halides is 1. The van der Waals surface area contributed by atoms with E-state index in [1.807, 2.05) is 6.07 Å². The van der Waals surface area contributed by atoms with Crippen molar-refractivity contribution in [1.29, 1.82) is 0 Å². The average Bonchev–Trinajstić information content (AvgIpc) is 2.37. The number of hydrogen-bond acceptors (Lipinski definition) is 3. The number of Topliss-reactive ketones (excluding diaryl/α,β-unsaturated/α-hetero) is 1. The molecule has 0 aromatic heterocycles. The van der Waals surface area contributed by atoms with Gasteiger partial charge in [-0.25, -0.2) is 4.79 Å². The lowest BCUT2D eigenvalue weighted by Gasteiger charge is -2.11. The van der Waals surface area contributed by atoms with Crippen LogP contribution in [0.1, 0.15) is 46.5 Å². The molecule has 0 amide bonds. The molecule has 0 fully saturated rings. The van der Waals surface area contributed by atoms with E-state index in [1.165, 1.54) is 0 Å². The fourth-order valence-electron chi connectivity index (χ4n) is 1.60. The molecule has 92 valence electrons. The predicted octanol–water partition coefficient (Wildman–Crippen LogP) is 3.35. The second-order valence-corrected chi connectivity index (χ2v) is 4.03. The number of benzene rings is 1. The van der Waals surface area contributed by atoms with Crippen molar-refractivity contribution in [3.05, 3.63) is 34.9 Å². The van der Waals surface area contributed by atoms with Crippen molar-refractivity contribution in [3.63, 3.8) is 0 Å². The summed E-state index contributed by atoms with van der Waals surface area (Å²) in [4.78, 5) is 23.7. The van der Waals surface area contributed by atoms with Crippen LogP contribution in [0.25, 0.3) is 0 Å². The second kappa shape index (κ2) is 6.55. The lowest BCUT2D eigenvalue weighted by molar-refractivity contribution is 0.0523. The van der Waals surface area contributed by atoms with Crippen LogP contribution in [0.3, 0.4) is 0 Å². The standard InChI is InChI=1S/C13H15BrO3/c1-3-11(15)12-9(8-14)6-5-7-10(12)13(16)17-4-2/h5-7H,3-4,8H2,1-2H3. The van der Waals surface area contributed by atoms with Gasteiger partial charge in [0.25, 0.3) is 0 Å². The number of carbonyl (C=O) groups is 2. The Balaban J connectivity index is 3.28. The molecule has 0 atom stereocenters. The Hall–Kier alpha value is -1.16. The first-order valence-electron chi connectivity index (χ1n) is 5.53. The minimum Gasteiger partial charge on any atom is -0.462 e. The zero-order valence-electron chi connectivity index (χ0n) is 9.96. The van der Waals surface area contributed by atoms with Gasteiger partial charge in [0.15, 0.2) is 5.78 Å². The molecule has 17 heavy (non-hydrogen) atoms. The van der Waals surface area contributed by atoms with Crippen molar-refractivity contribution < 1.29 is 14.3 Å². The molecule has 3 nitrogen and oxygen atoms in total. The smallest absolute Gasteiger partial charge is 0.338 e. The summed E-state index contributed by atoms with van der Waals surface area (Å²) in [7, 11) is 0. The topological polar surface area (TPSA) is 43.4 Å². The van der Waals surface area contributed by atoms with Crippen molar-refractivity contribution in [2.45, 2.75) is 25.6 Å². The van der Waals surface area contributed by atoms with Crippen LogP contribution < -0.4 is 0 Å². The quantitative estimate of drug-likeness (QED) is 0.476. The number of ether oxygens (including phenoxy) is 1. The molecule has 1 aromatic rings.